The van der Waals surface area contributed by atoms with Crippen molar-refractivity contribution in [2.45, 2.75) is 31.7 Å². The third kappa shape index (κ3) is 2.54. The van der Waals surface area contributed by atoms with Crippen molar-refractivity contribution in [1.82, 2.24) is 15.2 Å². The number of piperidine rings is 1. The van der Waals surface area contributed by atoms with Crippen LogP contribution >= 0.6 is 11.3 Å². The fourth-order valence-corrected chi connectivity index (χ4v) is 3.81. The SMILES string of the molecule is CC(CNC1CCN2CCC1C2)c1nccs1. The van der Waals surface area contributed by atoms with Crippen LogP contribution < -0.4 is 5.32 Å². The molecule has 2 fully saturated rings. The summed E-state index contributed by atoms with van der Waals surface area (Å²) in [4.78, 5) is 7.00. The Morgan fingerprint density at radius 2 is 2.41 bits per heavy atom. The van der Waals surface area contributed by atoms with Crippen molar-refractivity contribution in [3.05, 3.63) is 16.6 Å². The molecule has 94 valence electrons. The van der Waals surface area contributed by atoms with Crippen LogP contribution in [0.3, 0.4) is 0 Å². The fourth-order valence-electron chi connectivity index (χ4n) is 3.11. The Balaban J connectivity index is 1.51. The highest BCUT2D eigenvalue weighted by Gasteiger charge is 2.33. The van der Waals surface area contributed by atoms with Crippen molar-refractivity contribution >= 4 is 11.3 Å². The van der Waals surface area contributed by atoms with Crippen molar-refractivity contribution in [2.24, 2.45) is 5.92 Å². The molecule has 3 nitrogen and oxygen atoms in total. The molecule has 17 heavy (non-hydrogen) atoms. The number of nitrogens with zero attached hydrogens (tertiary/aromatic N) is 2. The Hall–Kier alpha value is -0.450. The molecule has 0 aliphatic carbocycles. The molecular formula is C13H21N3S. The van der Waals surface area contributed by atoms with Gasteiger partial charge in [-0.25, -0.2) is 4.98 Å². The molecule has 0 amide bonds. The first-order valence-corrected chi connectivity index (χ1v) is 7.56. The zero-order valence-electron chi connectivity index (χ0n) is 10.4. The standard InChI is InChI=1S/C13H21N3S/c1-10(13-14-4-7-17-13)8-15-12-3-6-16-5-2-11(12)9-16/h4,7,10-12,15H,2-3,5-6,8-9H2,1H3. The largest absolute Gasteiger partial charge is 0.313 e. The summed E-state index contributed by atoms with van der Waals surface area (Å²) in [5.74, 6) is 1.45. The van der Waals surface area contributed by atoms with Crippen LogP contribution in [0.4, 0.5) is 0 Å². The molecule has 2 aliphatic rings. The van der Waals surface area contributed by atoms with Gasteiger partial charge in [0.1, 0.15) is 0 Å². The van der Waals surface area contributed by atoms with Crippen molar-refractivity contribution in [1.29, 1.82) is 0 Å². The first-order chi connectivity index (χ1) is 8.33. The van der Waals surface area contributed by atoms with Gasteiger partial charge in [-0.05, 0) is 31.8 Å². The number of rotatable bonds is 4. The van der Waals surface area contributed by atoms with E-state index in [1.54, 1.807) is 11.3 Å². The molecule has 3 rings (SSSR count). The summed E-state index contributed by atoms with van der Waals surface area (Å²) in [6.45, 7) is 7.29. The first-order valence-electron chi connectivity index (χ1n) is 6.68. The molecular weight excluding hydrogens is 230 g/mol. The van der Waals surface area contributed by atoms with Crippen LogP contribution in [0.15, 0.2) is 11.6 Å². The zero-order valence-corrected chi connectivity index (χ0v) is 11.2. The second kappa shape index (κ2) is 5.04. The monoisotopic (exact) mass is 251 g/mol. The summed E-state index contributed by atoms with van der Waals surface area (Å²) in [6, 6.07) is 0.746. The minimum absolute atomic E-state index is 0.550. The van der Waals surface area contributed by atoms with Gasteiger partial charge in [0.2, 0.25) is 0 Å². The van der Waals surface area contributed by atoms with Crippen LogP contribution in [-0.4, -0.2) is 42.1 Å². The summed E-state index contributed by atoms with van der Waals surface area (Å²) < 4.78 is 0. The summed E-state index contributed by atoms with van der Waals surface area (Å²) in [5, 5.41) is 7.11. The maximum absolute atomic E-state index is 4.40. The molecule has 1 N–H and O–H groups in total. The molecule has 2 saturated heterocycles. The first kappa shape index (κ1) is 11.6. The van der Waals surface area contributed by atoms with Gasteiger partial charge in [0.05, 0.1) is 5.01 Å². The highest BCUT2D eigenvalue weighted by molar-refractivity contribution is 7.09. The van der Waals surface area contributed by atoms with Crippen molar-refractivity contribution in [3.8, 4) is 0 Å². The van der Waals surface area contributed by atoms with Crippen molar-refractivity contribution in [3.63, 3.8) is 0 Å². The molecule has 4 heteroatoms. The Bertz CT molecular complexity index is 352. The molecule has 0 radical (unpaired) electrons. The molecule has 0 aromatic carbocycles. The highest BCUT2D eigenvalue weighted by atomic mass is 32.1. The minimum atomic E-state index is 0.550. The predicted octanol–water partition coefficient (Wildman–Crippen LogP) is 1.93. The van der Waals surface area contributed by atoms with E-state index in [4.69, 9.17) is 0 Å². The topological polar surface area (TPSA) is 28.2 Å². The maximum atomic E-state index is 4.40. The Kier molecular flexibility index (Phi) is 3.45. The number of hydrogen-bond donors (Lipinski definition) is 1. The maximum Gasteiger partial charge on any atom is 0.0965 e. The van der Waals surface area contributed by atoms with E-state index in [-0.39, 0.29) is 0 Å². The van der Waals surface area contributed by atoms with Gasteiger partial charge in [0, 0.05) is 36.6 Å². The smallest absolute Gasteiger partial charge is 0.0965 e. The number of hydrogen-bond acceptors (Lipinski definition) is 4. The summed E-state index contributed by atoms with van der Waals surface area (Å²) in [5.41, 5.74) is 0. The third-order valence-electron chi connectivity index (χ3n) is 4.19. The normalized spacial score (nSPS) is 33.8. The molecule has 1 aromatic rings. The van der Waals surface area contributed by atoms with Gasteiger partial charge in [-0.15, -0.1) is 11.3 Å². The lowest BCUT2D eigenvalue weighted by molar-refractivity contribution is 0.220. The Morgan fingerprint density at radius 1 is 1.53 bits per heavy atom. The molecule has 2 bridgehead atoms. The van der Waals surface area contributed by atoms with E-state index in [9.17, 15) is 0 Å². The van der Waals surface area contributed by atoms with Crippen LogP contribution in [0.1, 0.15) is 30.7 Å². The lowest BCUT2D eigenvalue weighted by Gasteiger charge is -2.31. The van der Waals surface area contributed by atoms with Gasteiger partial charge < -0.3 is 10.2 Å². The van der Waals surface area contributed by atoms with E-state index in [0.29, 0.717) is 5.92 Å². The second-order valence-corrected chi connectivity index (χ2v) is 6.35. The third-order valence-corrected chi connectivity index (χ3v) is 5.20. The van der Waals surface area contributed by atoms with Crippen molar-refractivity contribution in [2.75, 3.05) is 26.2 Å². The zero-order chi connectivity index (χ0) is 11.7. The number of fused-ring (bicyclic) bond motifs is 2. The summed E-state index contributed by atoms with van der Waals surface area (Å²) >= 11 is 1.77. The molecule has 0 spiro atoms. The second-order valence-electron chi connectivity index (χ2n) is 5.42. The quantitative estimate of drug-likeness (QED) is 0.886. The van der Waals surface area contributed by atoms with Crippen LogP contribution in [-0.2, 0) is 0 Å². The summed E-state index contributed by atoms with van der Waals surface area (Å²) in [6.07, 6.45) is 4.63. The van der Waals surface area contributed by atoms with Gasteiger partial charge in [-0.1, -0.05) is 6.92 Å². The number of nitrogens with one attached hydrogen (secondary N) is 1. The van der Waals surface area contributed by atoms with Crippen LogP contribution in [0.25, 0.3) is 0 Å². The lowest BCUT2D eigenvalue weighted by Crippen LogP contribution is -2.44. The van der Waals surface area contributed by atoms with Gasteiger partial charge in [-0.3, -0.25) is 0 Å². The Labute approximate surface area is 107 Å². The number of aromatic nitrogens is 1. The molecule has 3 heterocycles. The Morgan fingerprint density at radius 3 is 3.24 bits per heavy atom. The van der Waals surface area contributed by atoms with E-state index in [1.165, 1.54) is 37.5 Å². The van der Waals surface area contributed by atoms with E-state index >= 15 is 0 Å². The average molecular weight is 251 g/mol. The average Bonchev–Trinajstić information content (AvgIpc) is 2.98. The molecule has 4 atom stereocenters. The fraction of sp³-hybridized carbons (Fsp3) is 0.769. The van der Waals surface area contributed by atoms with Gasteiger partial charge in [0.15, 0.2) is 0 Å². The van der Waals surface area contributed by atoms with Crippen LogP contribution in [0, 0.1) is 5.92 Å². The lowest BCUT2D eigenvalue weighted by atomic mass is 9.94. The van der Waals surface area contributed by atoms with E-state index in [1.807, 2.05) is 6.20 Å². The predicted molar refractivity (Wildman–Crippen MR) is 71.5 cm³/mol. The van der Waals surface area contributed by atoms with E-state index in [2.05, 4.69) is 27.5 Å². The highest BCUT2D eigenvalue weighted by Crippen LogP contribution is 2.27. The molecule has 4 unspecified atom stereocenters. The molecule has 0 saturated carbocycles. The van der Waals surface area contributed by atoms with E-state index in [0.717, 1.165) is 18.5 Å². The van der Waals surface area contributed by atoms with Crippen LogP contribution in [0.5, 0.6) is 0 Å². The minimum Gasteiger partial charge on any atom is -0.313 e. The van der Waals surface area contributed by atoms with E-state index < -0.39 is 0 Å². The summed E-state index contributed by atoms with van der Waals surface area (Å²) in [7, 11) is 0. The van der Waals surface area contributed by atoms with Gasteiger partial charge in [-0.2, -0.15) is 0 Å². The van der Waals surface area contributed by atoms with Crippen LogP contribution in [0.2, 0.25) is 0 Å². The van der Waals surface area contributed by atoms with Crippen molar-refractivity contribution < 1.29 is 0 Å². The molecule has 2 aliphatic heterocycles. The van der Waals surface area contributed by atoms with Gasteiger partial charge >= 0.3 is 0 Å². The van der Waals surface area contributed by atoms with Gasteiger partial charge in [0.25, 0.3) is 0 Å². The molecule has 1 aromatic heterocycles. The number of thiazole rings is 1.